The van der Waals surface area contributed by atoms with Crippen LogP contribution in [0.3, 0.4) is 0 Å². The minimum Gasteiger partial charge on any atom is -0.394 e. The summed E-state index contributed by atoms with van der Waals surface area (Å²) in [6, 6.07) is -0.769. The molecule has 1 fully saturated rings. The first-order valence-corrected chi connectivity index (χ1v) is 51.6. The van der Waals surface area contributed by atoms with Gasteiger partial charge in [0.25, 0.3) is 5.56 Å². The number of phosphoric ester groups is 2. The lowest BCUT2D eigenvalue weighted by Gasteiger charge is -2.21. The SMILES string of the molecule is CCCCCCCCCCCCSC[C@H](CO)OCCCCCCCCCC.CCCCCCCCCCCCSC[C@H](COP(=O)(O)O)OCCCCCCCCCC.CCCCCCCCCCCCSC[C@H](COP(=O)(O)OC[C@H]1O[C@@H](n2cc(C)c(=O)[nH]c2=O)C[C@@H]1N=[N+]=[N-])OCCCCCCCCCC. The molecule has 0 aliphatic carbocycles. The standard InChI is InChI=1S/C35H64N5O8PS.C25H53O5PS.C25H52O2S/c1-4-6-8-10-12-14-15-17-19-21-23-50-28-30(45-22-20-18-16-13-11-9-7-5-2)26-46-49(43,44)47-27-32-31(38-39-36)24-33(48-32)40-25-29(3)34(41)37-35(40)42;1-3-5-7-9-11-13-14-16-18-20-22-32-24-25(23-30-31(26,27)28)29-21-19-17-15-12-10-8-6-4-2;1-3-5-7-9-11-13-14-16-18-20-22-28-24-25(23-26)27-21-19-17-15-12-10-8-6-4-2/h25,30-33H,4-24,26-28H2,1-3H3,(H,43,44)(H,37,41,42);25H,3-24H2,1-2H3,(H2,26,27,28);25-26H,3-24H2,1-2H3/t30-,31-,32+,33+;2*25-/m000/s1. The summed E-state index contributed by atoms with van der Waals surface area (Å²) in [5.74, 6) is 5.62. The topological polar surface area (TPSA) is 283 Å². The van der Waals surface area contributed by atoms with E-state index in [1.54, 1.807) is 18.7 Å². The number of ether oxygens (including phenoxy) is 4. The number of unbranched alkanes of at least 4 members (excludes halogenated alkanes) is 48. The fraction of sp³-hybridized carbons (Fsp3) is 0.953. The molecule has 2 heterocycles. The van der Waals surface area contributed by atoms with Gasteiger partial charge in [0.2, 0.25) is 0 Å². The molecular weight excluding hydrogens is 1490 g/mol. The molecule has 1 aliphatic heterocycles. The van der Waals surface area contributed by atoms with Crippen molar-refractivity contribution in [1.29, 1.82) is 0 Å². The van der Waals surface area contributed by atoms with Crippen LogP contribution in [0.2, 0.25) is 0 Å². The third kappa shape index (κ3) is 72.3. The minimum atomic E-state index is -4.51. The third-order valence-electron chi connectivity index (χ3n) is 20.2. The summed E-state index contributed by atoms with van der Waals surface area (Å²) < 4.78 is 64.3. The number of rotatable bonds is 81. The zero-order valence-corrected chi connectivity index (χ0v) is 75.6. The summed E-state index contributed by atoms with van der Waals surface area (Å²) in [5, 5.41) is 13.2. The normalized spacial score (nSPS) is 15.8. The zero-order chi connectivity index (χ0) is 80.8. The largest absolute Gasteiger partial charge is 0.472 e. The number of phosphoric acid groups is 2. The number of azide groups is 1. The number of H-pyrrole nitrogens is 1. The van der Waals surface area contributed by atoms with E-state index in [1.807, 2.05) is 23.5 Å². The number of aryl methyl sites for hydroxylation is 1. The molecule has 5 N–H and O–H groups in total. The molecule has 0 radical (unpaired) electrons. The molecule has 1 aliphatic rings. The van der Waals surface area contributed by atoms with Gasteiger partial charge in [-0.15, -0.1) is 0 Å². The van der Waals surface area contributed by atoms with Crippen LogP contribution in [-0.4, -0.2) is 141 Å². The Morgan fingerprint density at radius 2 is 0.773 bits per heavy atom. The number of aliphatic hydroxyl groups excluding tert-OH is 1. The maximum Gasteiger partial charge on any atom is 0.472 e. The maximum atomic E-state index is 12.9. The Morgan fingerprint density at radius 1 is 0.473 bits per heavy atom. The molecule has 652 valence electrons. The van der Waals surface area contributed by atoms with Gasteiger partial charge in [-0.05, 0) is 68.2 Å². The summed E-state index contributed by atoms with van der Waals surface area (Å²) in [6.45, 7) is 16.7. The van der Waals surface area contributed by atoms with Gasteiger partial charge in [0.15, 0.2) is 0 Å². The lowest BCUT2D eigenvalue weighted by Crippen LogP contribution is -2.33. The van der Waals surface area contributed by atoms with E-state index in [9.17, 15) is 28.7 Å². The molecule has 0 amide bonds. The van der Waals surface area contributed by atoms with E-state index in [-0.39, 0.29) is 44.6 Å². The van der Waals surface area contributed by atoms with Crippen molar-refractivity contribution in [2.75, 3.05) is 80.8 Å². The first-order chi connectivity index (χ1) is 53.5. The van der Waals surface area contributed by atoms with Crippen molar-refractivity contribution < 1.29 is 61.4 Å². The smallest absolute Gasteiger partial charge is 0.394 e. The Bertz CT molecular complexity index is 2400. The molecule has 1 aromatic rings. The van der Waals surface area contributed by atoms with Crippen LogP contribution in [0.5, 0.6) is 0 Å². The second-order valence-electron chi connectivity index (χ2n) is 30.8. The van der Waals surface area contributed by atoms with Crippen molar-refractivity contribution in [3.63, 3.8) is 0 Å². The Hall–Kier alpha value is -0.940. The molecule has 1 saturated heterocycles. The fourth-order valence-corrected chi connectivity index (χ4v) is 17.4. The van der Waals surface area contributed by atoms with Crippen molar-refractivity contribution in [3.05, 3.63) is 43.0 Å². The molecule has 7 atom stereocenters. The molecule has 25 heteroatoms. The molecule has 1 unspecified atom stereocenters. The summed E-state index contributed by atoms with van der Waals surface area (Å²) in [4.78, 5) is 57.8. The van der Waals surface area contributed by atoms with Crippen molar-refractivity contribution >= 4 is 50.9 Å². The first kappa shape index (κ1) is 109. The molecule has 0 saturated carbocycles. The Labute approximate surface area is 685 Å². The van der Waals surface area contributed by atoms with Crippen molar-refractivity contribution in [2.45, 2.75) is 438 Å². The van der Waals surface area contributed by atoms with Crippen LogP contribution in [0.4, 0.5) is 0 Å². The third-order valence-corrected chi connectivity index (χ3v) is 25.2. The Kier molecular flexibility index (Phi) is 81.1. The Balaban J connectivity index is 0.00000172. The van der Waals surface area contributed by atoms with E-state index in [0.717, 1.165) is 68.1 Å². The van der Waals surface area contributed by atoms with Crippen molar-refractivity contribution in [2.24, 2.45) is 5.11 Å². The number of nitrogens with zero attached hydrogens (tertiary/aromatic N) is 4. The molecule has 1 aromatic heterocycles. The number of hydrogen-bond acceptors (Lipinski definition) is 16. The molecule has 0 bridgehead atoms. The van der Waals surface area contributed by atoms with Crippen LogP contribution in [0.25, 0.3) is 10.4 Å². The van der Waals surface area contributed by atoms with E-state index in [1.165, 1.54) is 325 Å². The lowest BCUT2D eigenvalue weighted by atomic mass is 10.1. The van der Waals surface area contributed by atoms with Crippen LogP contribution in [0.1, 0.15) is 406 Å². The van der Waals surface area contributed by atoms with Gasteiger partial charge in [-0.25, -0.2) is 13.9 Å². The number of aromatic amines is 1. The average molecular weight is 1660 g/mol. The van der Waals surface area contributed by atoms with Crippen molar-refractivity contribution in [3.8, 4) is 0 Å². The molecule has 0 spiro atoms. The Morgan fingerprint density at radius 3 is 1.09 bits per heavy atom. The predicted molar refractivity (Wildman–Crippen MR) is 469 cm³/mol. The van der Waals surface area contributed by atoms with E-state index in [4.69, 9.17) is 47.8 Å². The highest BCUT2D eigenvalue weighted by molar-refractivity contribution is 7.99. The van der Waals surface area contributed by atoms with Crippen LogP contribution in [0.15, 0.2) is 20.9 Å². The molecular formula is C85H169N5O15P2S3. The number of aliphatic hydroxyl groups is 1. The summed E-state index contributed by atoms with van der Waals surface area (Å²) in [6.07, 6.45) is 69.5. The fourth-order valence-electron chi connectivity index (χ4n) is 13.2. The highest BCUT2D eigenvalue weighted by Crippen LogP contribution is 2.45. The van der Waals surface area contributed by atoms with E-state index < -0.39 is 51.9 Å². The van der Waals surface area contributed by atoms with E-state index >= 15 is 0 Å². The predicted octanol–water partition coefficient (Wildman–Crippen LogP) is 25.6. The number of aromatic nitrogens is 2. The number of thioether (sulfide) groups is 3. The first-order valence-electron chi connectivity index (χ1n) is 45.1. The molecule has 2 rings (SSSR count). The maximum absolute atomic E-state index is 12.9. The second-order valence-corrected chi connectivity index (χ2v) is 37.0. The molecule has 20 nitrogen and oxygen atoms in total. The zero-order valence-electron chi connectivity index (χ0n) is 71.3. The monoisotopic (exact) mass is 1660 g/mol. The summed E-state index contributed by atoms with van der Waals surface area (Å²) >= 11 is 5.54. The highest BCUT2D eigenvalue weighted by atomic mass is 32.2. The lowest BCUT2D eigenvalue weighted by molar-refractivity contribution is -0.0315. The summed E-state index contributed by atoms with van der Waals surface area (Å²) in [5.41, 5.74) is 8.19. The van der Waals surface area contributed by atoms with Gasteiger partial charge >= 0.3 is 21.3 Å². The second kappa shape index (κ2) is 81.8. The van der Waals surface area contributed by atoms with Gasteiger partial charge in [-0.1, -0.05) is 355 Å². The summed E-state index contributed by atoms with van der Waals surface area (Å²) in [7, 11) is -8.96. The number of nitrogens with one attached hydrogen (secondary N) is 1. The van der Waals surface area contributed by atoms with E-state index in [2.05, 4.69) is 56.6 Å². The molecule has 110 heavy (non-hydrogen) atoms. The highest BCUT2D eigenvalue weighted by Gasteiger charge is 2.38. The minimum absolute atomic E-state index is 0.0354. The van der Waals surface area contributed by atoms with Gasteiger partial charge in [0.1, 0.15) is 6.23 Å². The van der Waals surface area contributed by atoms with Crippen LogP contribution in [-0.2, 0) is 41.6 Å². The van der Waals surface area contributed by atoms with Gasteiger partial charge in [-0.3, -0.25) is 27.9 Å². The molecule has 0 aromatic carbocycles. The van der Waals surface area contributed by atoms with Crippen LogP contribution >= 0.6 is 50.9 Å². The van der Waals surface area contributed by atoms with Crippen LogP contribution in [0, 0.1) is 6.92 Å². The van der Waals surface area contributed by atoms with Crippen molar-refractivity contribution in [1.82, 2.24) is 9.55 Å². The van der Waals surface area contributed by atoms with Gasteiger partial charge in [0.05, 0.1) is 56.9 Å². The van der Waals surface area contributed by atoms with Gasteiger partial charge in [-0.2, -0.15) is 35.3 Å². The number of hydrogen-bond donors (Lipinski definition) is 5. The van der Waals surface area contributed by atoms with Gasteiger partial charge < -0.3 is 38.7 Å². The quantitative estimate of drug-likeness (QED) is 0.0133. The van der Waals surface area contributed by atoms with Crippen LogP contribution < -0.4 is 11.2 Å². The van der Waals surface area contributed by atoms with E-state index in [0.29, 0.717) is 24.5 Å². The van der Waals surface area contributed by atoms with Gasteiger partial charge in [0, 0.05) is 60.2 Å². The average Bonchev–Trinajstić information content (AvgIpc) is 1.64.